The van der Waals surface area contributed by atoms with Gasteiger partial charge in [0.1, 0.15) is 0 Å². The molecule has 0 bridgehead atoms. The van der Waals surface area contributed by atoms with Crippen LogP contribution in [0.25, 0.3) is 0 Å². The molecule has 6 heteroatoms. The Morgan fingerprint density at radius 1 is 1.15 bits per heavy atom. The van der Waals surface area contributed by atoms with Crippen molar-refractivity contribution >= 4 is 11.8 Å². The number of hydrogen-bond donors (Lipinski definition) is 1. The average Bonchev–Trinajstić information content (AvgIpc) is 3.08. The van der Waals surface area contributed by atoms with Gasteiger partial charge in [-0.25, -0.2) is 0 Å². The molecule has 0 saturated carbocycles. The fraction of sp³-hybridized carbons (Fsp3) is 0.857. The van der Waals surface area contributed by atoms with Gasteiger partial charge in [-0.05, 0) is 25.7 Å². The van der Waals surface area contributed by atoms with E-state index < -0.39 is 0 Å². The molecule has 0 aromatic carbocycles. The molecule has 2 unspecified atom stereocenters. The molecule has 0 aliphatic carbocycles. The molecule has 1 N–H and O–H groups in total. The van der Waals surface area contributed by atoms with Crippen molar-refractivity contribution in [1.82, 2.24) is 10.2 Å². The molecule has 0 aromatic heterocycles. The van der Waals surface area contributed by atoms with Crippen LogP contribution < -0.4 is 5.32 Å². The van der Waals surface area contributed by atoms with Gasteiger partial charge in [0.05, 0.1) is 18.8 Å². The smallest absolute Gasteiger partial charge is 0.239 e. The highest BCUT2D eigenvalue weighted by molar-refractivity contribution is 5.83. The van der Waals surface area contributed by atoms with Crippen LogP contribution in [-0.4, -0.2) is 61.8 Å². The summed E-state index contributed by atoms with van der Waals surface area (Å²) in [5.41, 5.74) is 0. The number of carbonyl (C=O) groups excluding carboxylic acids is 2. The summed E-state index contributed by atoms with van der Waals surface area (Å²) in [6, 6.07) is 0. The fourth-order valence-electron chi connectivity index (χ4n) is 2.60. The van der Waals surface area contributed by atoms with Gasteiger partial charge in [-0.1, -0.05) is 0 Å². The second kappa shape index (κ2) is 7.59. The van der Waals surface area contributed by atoms with E-state index in [1.165, 1.54) is 6.92 Å². The largest absolute Gasteiger partial charge is 0.376 e. The Hall–Kier alpha value is -1.14. The summed E-state index contributed by atoms with van der Waals surface area (Å²) < 4.78 is 11.0. The van der Waals surface area contributed by atoms with Gasteiger partial charge < -0.3 is 19.7 Å². The number of carbonyl (C=O) groups is 2. The van der Waals surface area contributed by atoms with Crippen molar-refractivity contribution in [3.05, 3.63) is 0 Å². The van der Waals surface area contributed by atoms with Gasteiger partial charge in [-0.2, -0.15) is 0 Å². The Labute approximate surface area is 119 Å². The van der Waals surface area contributed by atoms with Crippen LogP contribution >= 0.6 is 0 Å². The third-order valence-corrected chi connectivity index (χ3v) is 3.78. The highest BCUT2D eigenvalue weighted by Gasteiger charge is 2.23. The number of ether oxygens (including phenoxy) is 2. The quantitative estimate of drug-likeness (QED) is 0.762. The van der Waals surface area contributed by atoms with E-state index in [4.69, 9.17) is 9.47 Å². The van der Waals surface area contributed by atoms with Crippen LogP contribution in [0.4, 0.5) is 0 Å². The van der Waals surface area contributed by atoms with Gasteiger partial charge in [0, 0.05) is 33.2 Å². The van der Waals surface area contributed by atoms with Crippen molar-refractivity contribution in [3.63, 3.8) is 0 Å². The Morgan fingerprint density at radius 2 is 1.80 bits per heavy atom. The molecule has 6 nitrogen and oxygen atoms in total. The lowest BCUT2D eigenvalue weighted by Crippen LogP contribution is -2.44. The zero-order valence-corrected chi connectivity index (χ0v) is 12.1. The maximum atomic E-state index is 11.9. The van der Waals surface area contributed by atoms with Crippen LogP contribution in [0.15, 0.2) is 0 Å². The molecular formula is C14H24N2O4. The molecule has 2 fully saturated rings. The lowest BCUT2D eigenvalue weighted by molar-refractivity contribution is -0.135. The SMILES string of the molecule is CC(=O)N(CC(=O)NCC1CCCO1)CC1CCCO1. The van der Waals surface area contributed by atoms with Gasteiger partial charge in [-0.15, -0.1) is 0 Å². The van der Waals surface area contributed by atoms with Gasteiger partial charge in [0.25, 0.3) is 0 Å². The van der Waals surface area contributed by atoms with Crippen molar-refractivity contribution in [1.29, 1.82) is 0 Å². The number of amides is 2. The minimum absolute atomic E-state index is 0.0739. The van der Waals surface area contributed by atoms with Crippen molar-refractivity contribution < 1.29 is 19.1 Å². The van der Waals surface area contributed by atoms with Crippen molar-refractivity contribution in [3.8, 4) is 0 Å². The van der Waals surface area contributed by atoms with Crippen LogP contribution in [0.5, 0.6) is 0 Å². The molecule has 2 saturated heterocycles. The molecule has 2 aliphatic heterocycles. The first-order chi connectivity index (χ1) is 9.65. The third kappa shape index (κ3) is 4.76. The Balaban J connectivity index is 1.71. The lowest BCUT2D eigenvalue weighted by atomic mass is 10.2. The van der Waals surface area contributed by atoms with Gasteiger partial charge >= 0.3 is 0 Å². The van der Waals surface area contributed by atoms with E-state index in [1.54, 1.807) is 4.90 Å². The van der Waals surface area contributed by atoms with Crippen LogP contribution in [0.1, 0.15) is 32.6 Å². The van der Waals surface area contributed by atoms with E-state index in [0.29, 0.717) is 13.1 Å². The molecule has 2 atom stereocenters. The summed E-state index contributed by atoms with van der Waals surface area (Å²) in [4.78, 5) is 25.0. The van der Waals surface area contributed by atoms with E-state index in [0.717, 1.165) is 38.9 Å². The normalized spacial score (nSPS) is 25.6. The minimum atomic E-state index is -0.131. The molecule has 2 amide bonds. The summed E-state index contributed by atoms with van der Waals surface area (Å²) in [6.45, 7) is 4.15. The lowest BCUT2D eigenvalue weighted by Gasteiger charge is -2.23. The number of rotatable bonds is 6. The number of nitrogens with zero attached hydrogens (tertiary/aromatic N) is 1. The van der Waals surface area contributed by atoms with Gasteiger partial charge in [0.15, 0.2) is 0 Å². The maximum absolute atomic E-state index is 11.9. The van der Waals surface area contributed by atoms with E-state index in [2.05, 4.69) is 5.32 Å². The predicted molar refractivity (Wildman–Crippen MR) is 73.2 cm³/mol. The van der Waals surface area contributed by atoms with Crippen LogP contribution in [0.2, 0.25) is 0 Å². The molecule has 2 aliphatic rings. The molecule has 0 radical (unpaired) electrons. The summed E-state index contributed by atoms with van der Waals surface area (Å²) >= 11 is 0. The summed E-state index contributed by atoms with van der Waals surface area (Å²) in [5, 5.41) is 2.84. The van der Waals surface area contributed by atoms with Crippen LogP contribution in [0, 0.1) is 0 Å². The molecule has 2 rings (SSSR count). The first-order valence-electron chi connectivity index (χ1n) is 7.40. The molecule has 114 valence electrons. The van der Waals surface area contributed by atoms with E-state index in [-0.39, 0.29) is 30.6 Å². The standard InChI is InChI=1S/C14H24N2O4/c1-11(17)16(9-13-5-3-7-20-13)10-14(18)15-8-12-4-2-6-19-12/h12-13H,2-10H2,1H3,(H,15,18). The monoisotopic (exact) mass is 284 g/mol. The number of nitrogens with one attached hydrogen (secondary N) is 1. The summed E-state index contributed by atoms with van der Waals surface area (Å²) in [5.74, 6) is -0.221. The van der Waals surface area contributed by atoms with Crippen molar-refractivity contribution in [2.45, 2.75) is 44.8 Å². The Morgan fingerprint density at radius 3 is 2.35 bits per heavy atom. The molecule has 0 spiro atoms. The van der Waals surface area contributed by atoms with Gasteiger partial charge in [-0.3, -0.25) is 9.59 Å². The first-order valence-corrected chi connectivity index (χ1v) is 7.40. The van der Waals surface area contributed by atoms with E-state index in [9.17, 15) is 9.59 Å². The van der Waals surface area contributed by atoms with E-state index in [1.807, 2.05) is 0 Å². The second-order valence-electron chi connectivity index (χ2n) is 5.47. The second-order valence-corrected chi connectivity index (χ2v) is 5.47. The van der Waals surface area contributed by atoms with Crippen molar-refractivity contribution in [2.24, 2.45) is 0 Å². The fourth-order valence-corrected chi connectivity index (χ4v) is 2.60. The highest BCUT2D eigenvalue weighted by atomic mass is 16.5. The van der Waals surface area contributed by atoms with Crippen LogP contribution in [-0.2, 0) is 19.1 Å². The van der Waals surface area contributed by atoms with Crippen LogP contribution in [0.3, 0.4) is 0 Å². The summed E-state index contributed by atoms with van der Waals surface area (Å²) in [6.07, 6.45) is 4.24. The predicted octanol–water partition coefficient (Wildman–Crippen LogP) is 0.309. The van der Waals surface area contributed by atoms with Crippen molar-refractivity contribution in [2.75, 3.05) is 32.8 Å². The topological polar surface area (TPSA) is 67.9 Å². The van der Waals surface area contributed by atoms with E-state index >= 15 is 0 Å². The minimum Gasteiger partial charge on any atom is -0.376 e. The molecular weight excluding hydrogens is 260 g/mol. The Bertz CT molecular complexity index is 336. The highest BCUT2D eigenvalue weighted by Crippen LogP contribution is 2.13. The van der Waals surface area contributed by atoms with Gasteiger partial charge in [0.2, 0.25) is 11.8 Å². The zero-order valence-electron chi connectivity index (χ0n) is 12.1. The zero-order chi connectivity index (χ0) is 14.4. The molecule has 0 aromatic rings. The Kier molecular flexibility index (Phi) is 5.79. The summed E-state index contributed by atoms with van der Waals surface area (Å²) in [7, 11) is 0. The molecule has 2 heterocycles. The molecule has 20 heavy (non-hydrogen) atoms. The first kappa shape index (κ1) is 15.3. The average molecular weight is 284 g/mol. The number of hydrogen-bond acceptors (Lipinski definition) is 4. The third-order valence-electron chi connectivity index (χ3n) is 3.78. The maximum Gasteiger partial charge on any atom is 0.239 e.